The number of rotatable bonds is 3. The molecule has 16 heavy (non-hydrogen) atoms. The predicted molar refractivity (Wildman–Crippen MR) is 62.1 cm³/mol. The molecule has 0 unspecified atom stereocenters. The largest absolute Gasteiger partial charge is 0.368 e. The van der Waals surface area contributed by atoms with Gasteiger partial charge >= 0.3 is 0 Å². The molecule has 2 aliphatic rings. The number of carbonyl (C=O) groups is 1. The summed E-state index contributed by atoms with van der Waals surface area (Å²) in [5.74, 6) is 0.542. The third kappa shape index (κ3) is 2.63. The van der Waals surface area contributed by atoms with Gasteiger partial charge in [-0.3, -0.25) is 9.79 Å². The molecule has 0 atom stereocenters. The van der Waals surface area contributed by atoms with Crippen LogP contribution in [0.15, 0.2) is 4.99 Å². The van der Waals surface area contributed by atoms with Gasteiger partial charge in [-0.25, -0.2) is 0 Å². The molecule has 1 fully saturated rings. The minimum Gasteiger partial charge on any atom is -0.368 e. The highest BCUT2D eigenvalue weighted by Crippen LogP contribution is 2.12. The van der Waals surface area contributed by atoms with E-state index in [1.165, 1.54) is 0 Å². The molecule has 2 heterocycles. The lowest BCUT2D eigenvalue weighted by molar-refractivity contribution is -0.118. The first-order valence-electron chi connectivity index (χ1n) is 5.81. The standard InChI is InChI=1S/C10H19N5O/c11-9(16)7-15(10-13-5-6-14-10)8-1-3-12-4-2-8/h8,12H,1-7H2,(H2,11,16)(H,13,14). The van der Waals surface area contributed by atoms with Crippen LogP contribution in [-0.4, -0.2) is 55.5 Å². The van der Waals surface area contributed by atoms with Crippen LogP contribution in [0.5, 0.6) is 0 Å². The van der Waals surface area contributed by atoms with Gasteiger partial charge in [-0.2, -0.15) is 0 Å². The molecule has 6 heteroatoms. The van der Waals surface area contributed by atoms with Crippen molar-refractivity contribution in [2.45, 2.75) is 18.9 Å². The number of piperidine rings is 1. The molecule has 1 amide bonds. The summed E-state index contributed by atoms with van der Waals surface area (Å²) >= 11 is 0. The lowest BCUT2D eigenvalue weighted by Crippen LogP contribution is -2.52. The van der Waals surface area contributed by atoms with E-state index in [4.69, 9.17) is 5.73 Å². The van der Waals surface area contributed by atoms with Gasteiger partial charge in [0.05, 0.1) is 13.1 Å². The first-order chi connectivity index (χ1) is 7.77. The summed E-state index contributed by atoms with van der Waals surface area (Å²) in [5, 5.41) is 6.52. The Bertz CT molecular complexity index is 285. The molecule has 1 saturated heterocycles. The van der Waals surface area contributed by atoms with E-state index in [2.05, 4.69) is 15.6 Å². The molecule has 6 nitrogen and oxygen atoms in total. The normalized spacial score (nSPS) is 21.4. The van der Waals surface area contributed by atoms with E-state index >= 15 is 0 Å². The Hall–Kier alpha value is -1.30. The van der Waals surface area contributed by atoms with Crippen LogP contribution in [0.25, 0.3) is 0 Å². The van der Waals surface area contributed by atoms with Crippen molar-refractivity contribution in [1.82, 2.24) is 15.5 Å². The Morgan fingerprint density at radius 3 is 2.75 bits per heavy atom. The third-order valence-corrected chi connectivity index (χ3v) is 3.00. The number of carbonyl (C=O) groups excluding carboxylic acids is 1. The summed E-state index contributed by atoms with van der Waals surface area (Å²) in [5.41, 5.74) is 5.29. The molecule has 0 radical (unpaired) electrons. The predicted octanol–water partition coefficient (Wildman–Crippen LogP) is -1.52. The number of amides is 1. The van der Waals surface area contributed by atoms with Crippen LogP contribution in [0.2, 0.25) is 0 Å². The zero-order valence-electron chi connectivity index (χ0n) is 9.41. The fraction of sp³-hybridized carbons (Fsp3) is 0.800. The van der Waals surface area contributed by atoms with Gasteiger partial charge < -0.3 is 21.3 Å². The number of nitrogens with two attached hydrogens (primary N) is 1. The van der Waals surface area contributed by atoms with Crippen LogP contribution >= 0.6 is 0 Å². The van der Waals surface area contributed by atoms with Crippen molar-refractivity contribution >= 4 is 11.9 Å². The molecule has 2 rings (SSSR count). The summed E-state index contributed by atoms with van der Waals surface area (Å²) in [6.07, 6.45) is 2.07. The zero-order chi connectivity index (χ0) is 11.4. The van der Waals surface area contributed by atoms with Crippen molar-refractivity contribution in [3.8, 4) is 0 Å². The number of primary amides is 1. The van der Waals surface area contributed by atoms with Crippen molar-refractivity contribution in [3.05, 3.63) is 0 Å². The van der Waals surface area contributed by atoms with Gasteiger partial charge in [-0.1, -0.05) is 0 Å². The lowest BCUT2D eigenvalue weighted by Gasteiger charge is -2.35. The maximum Gasteiger partial charge on any atom is 0.237 e. The Balaban J connectivity index is 2.03. The zero-order valence-corrected chi connectivity index (χ0v) is 9.41. The maximum absolute atomic E-state index is 11.1. The van der Waals surface area contributed by atoms with Crippen LogP contribution < -0.4 is 16.4 Å². The molecule has 0 saturated carbocycles. The van der Waals surface area contributed by atoms with E-state index in [-0.39, 0.29) is 12.5 Å². The molecule has 0 aliphatic carbocycles. The maximum atomic E-state index is 11.1. The van der Waals surface area contributed by atoms with E-state index in [1.807, 2.05) is 4.90 Å². The third-order valence-electron chi connectivity index (χ3n) is 3.00. The van der Waals surface area contributed by atoms with Gasteiger partial charge in [-0.05, 0) is 25.9 Å². The van der Waals surface area contributed by atoms with Gasteiger partial charge in [0, 0.05) is 12.6 Å². The van der Waals surface area contributed by atoms with Crippen molar-refractivity contribution in [2.75, 3.05) is 32.7 Å². The van der Waals surface area contributed by atoms with E-state index < -0.39 is 0 Å². The molecule has 0 aromatic rings. The van der Waals surface area contributed by atoms with Crippen molar-refractivity contribution in [2.24, 2.45) is 10.7 Å². The second-order valence-electron chi connectivity index (χ2n) is 4.21. The van der Waals surface area contributed by atoms with E-state index in [1.54, 1.807) is 0 Å². The van der Waals surface area contributed by atoms with Crippen LogP contribution in [0.3, 0.4) is 0 Å². The molecular weight excluding hydrogens is 206 g/mol. The molecule has 4 N–H and O–H groups in total. The fourth-order valence-electron chi connectivity index (χ4n) is 2.24. The van der Waals surface area contributed by atoms with Gasteiger partial charge in [0.1, 0.15) is 0 Å². The van der Waals surface area contributed by atoms with Gasteiger partial charge in [0.25, 0.3) is 0 Å². The smallest absolute Gasteiger partial charge is 0.237 e. The quantitative estimate of drug-likeness (QED) is 0.545. The number of aliphatic imine (C=N–C) groups is 1. The summed E-state index contributed by atoms with van der Waals surface area (Å²) in [7, 11) is 0. The molecule has 0 spiro atoms. The number of guanidine groups is 1. The van der Waals surface area contributed by atoms with Gasteiger partial charge in [-0.15, -0.1) is 0 Å². The van der Waals surface area contributed by atoms with Gasteiger partial charge in [0.2, 0.25) is 5.91 Å². The molecule has 0 aromatic heterocycles. The Morgan fingerprint density at radius 2 is 2.19 bits per heavy atom. The summed E-state index contributed by atoms with van der Waals surface area (Å²) in [4.78, 5) is 17.5. The molecule has 0 aromatic carbocycles. The van der Waals surface area contributed by atoms with Crippen LogP contribution in [0, 0.1) is 0 Å². The number of hydrogen-bond donors (Lipinski definition) is 3. The molecule has 2 aliphatic heterocycles. The highest BCUT2D eigenvalue weighted by atomic mass is 16.1. The van der Waals surface area contributed by atoms with Crippen LogP contribution in [-0.2, 0) is 4.79 Å². The number of hydrogen-bond acceptors (Lipinski definition) is 5. The Kier molecular flexibility index (Phi) is 3.61. The SMILES string of the molecule is NC(=O)CN(C1=NCCN1)C1CCNCC1. The average Bonchev–Trinajstić information content (AvgIpc) is 2.80. The van der Waals surface area contributed by atoms with E-state index in [9.17, 15) is 4.79 Å². The topological polar surface area (TPSA) is 82.8 Å². The monoisotopic (exact) mass is 225 g/mol. The van der Waals surface area contributed by atoms with E-state index in [0.717, 1.165) is 45.0 Å². The van der Waals surface area contributed by atoms with Crippen molar-refractivity contribution in [3.63, 3.8) is 0 Å². The molecular formula is C10H19N5O. The molecule has 90 valence electrons. The summed E-state index contributed by atoms with van der Waals surface area (Å²) < 4.78 is 0. The fourth-order valence-corrected chi connectivity index (χ4v) is 2.24. The van der Waals surface area contributed by atoms with Crippen molar-refractivity contribution < 1.29 is 4.79 Å². The highest BCUT2D eigenvalue weighted by molar-refractivity contribution is 5.86. The first kappa shape index (κ1) is 11.2. The lowest BCUT2D eigenvalue weighted by atomic mass is 10.1. The number of nitrogens with one attached hydrogen (secondary N) is 2. The second kappa shape index (κ2) is 5.16. The highest BCUT2D eigenvalue weighted by Gasteiger charge is 2.26. The Labute approximate surface area is 95.3 Å². The minimum absolute atomic E-state index is 0.260. The van der Waals surface area contributed by atoms with Crippen LogP contribution in [0.1, 0.15) is 12.8 Å². The van der Waals surface area contributed by atoms with Gasteiger partial charge in [0.15, 0.2) is 5.96 Å². The first-order valence-corrected chi connectivity index (χ1v) is 5.81. The van der Waals surface area contributed by atoms with E-state index in [0.29, 0.717) is 6.04 Å². The molecule has 0 bridgehead atoms. The minimum atomic E-state index is -0.296. The number of nitrogens with zero attached hydrogens (tertiary/aromatic N) is 2. The Morgan fingerprint density at radius 1 is 1.44 bits per heavy atom. The summed E-state index contributed by atoms with van der Waals surface area (Å²) in [6.45, 7) is 3.89. The second-order valence-corrected chi connectivity index (χ2v) is 4.21. The average molecular weight is 225 g/mol. The van der Waals surface area contributed by atoms with Crippen molar-refractivity contribution in [1.29, 1.82) is 0 Å². The van der Waals surface area contributed by atoms with Crippen LogP contribution in [0.4, 0.5) is 0 Å². The summed E-state index contributed by atoms with van der Waals surface area (Å²) in [6, 6.07) is 0.373.